The lowest BCUT2D eigenvalue weighted by molar-refractivity contribution is -0.127. The predicted molar refractivity (Wildman–Crippen MR) is 124 cm³/mol. The van der Waals surface area contributed by atoms with E-state index >= 15 is 0 Å². The molecule has 0 radical (unpaired) electrons. The van der Waals surface area contributed by atoms with Crippen LogP contribution in [0.2, 0.25) is 10.0 Å². The highest BCUT2D eigenvalue weighted by molar-refractivity contribution is 6.35. The van der Waals surface area contributed by atoms with Crippen molar-refractivity contribution in [2.45, 2.75) is 44.9 Å². The number of aryl methyl sites for hydroxylation is 1. The predicted octanol–water partition coefficient (Wildman–Crippen LogP) is 6.83. The minimum absolute atomic E-state index is 0.210. The number of phenols is 1. The molecular formula is C26H26Cl2O3. The van der Waals surface area contributed by atoms with E-state index in [9.17, 15) is 9.90 Å². The molecule has 1 N–H and O–H groups in total. The topological polar surface area (TPSA) is 46.5 Å². The number of ether oxygens (including phenoxy) is 1. The molecule has 0 amide bonds. The molecule has 2 saturated carbocycles. The average Bonchev–Trinajstić information content (AvgIpc) is 3.00. The molecule has 0 aromatic heterocycles. The molecule has 3 aliphatic carbocycles. The number of hydrogen-bond donors (Lipinski definition) is 1. The summed E-state index contributed by atoms with van der Waals surface area (Å²) in [6, 6.07) is 9.30. The van der Waals surface area contributed by atoms with Crippen molar-refractivity contribution in [1.29, 1.82) is 0 Å². The Kier molecular flexibility index (Phi) is 5.10. The number of halogens is 2. The van der Waals surface area contributed by atoms with Crippen LogP contribution in [0.3, 0.4) is 0 Å². The number of carbonyl (C=O) groups excluding carboxylic acids is 1. The van der Waals surface area contributed by atoms with Crippen LogP contribution in [0.15, 0.2) is 35.9 Å². The second-order valence-corrected chi connectivity index (χ2v) is 10.3. The zero-order valence-electron chi connectivity index (χ0n) is 17.8. The van der Waals surface area contributed by atoms with Crippen molar-refractivity contribution < 1.29 is 14.6 Å². The Morgan fingerprint density at radius 2 is 2.00 bits per heavy atom. The Morgan fingerprint density at radius 1 is 1.19 bits per heavy atom. The molecule has 5 rings (SSSR count). The summed E-state index contributed by atoms with van der Waals surface area (Å²) in [6.45, 7) is 2.16. The van der Waals surface area contributed by atoms with E-state index in [1.807, 2.05) is 30.3 Å². The van der Waals surface area contributed by atoms with Gasteiger partial charge in [-0.15, -0.1) is 0 Å². The van der Waals surface area contributed by atoms with Crippen LogP contribution in [0.1, 0.15) is 55.2 Å². The molecule has 162 valence electrons. The summed E-state index contributed by atoms with van der Waals surface area (Å²) in [5, 5.41) is 11.4. The van der Waals surface area contributed by atoms with Gasteiger partial charge in [0.25, 0.3) is 0 Å². The van der Waals surface area contributed by atoms with Gasteiger partial charge in [-0.05, 0) is 102 Å². The third kappa shape index (κ3) is 3.29. The van der Waals surface area contributed by atoms with Gasteiger partial charge in [0.2, 0.25) is 0 Å². The maximum Gasteiger partial charge on any atom is 0.165 e. The molecule has 0 spiro atoms. The van der Waals surface area contributed by atoms with E-state index in [4.69, 9.17) is 27.9 Å². The zero-order valence-corrected chi connectivity index (χ0v) is 19.3. The summed E-state index contributed by atoms with van der Waals surface area (Å²) in [4.78, 5) is 13.5. The second kappa shape index (κ2) is 7.56. The number of aromatic hydroxyl groups is 1. The molecule has 3 nitrogen and oxygen atoms in total. The number of allylic oxidation sites excluding steroid dienone is 1. The number of carbonyl (C=O) groups is 1. The third-order valence-electron chi connectivity index (χ3n) is 7.96. The van der Waals surface area contributed by atoms with Crippen molar-refractivity contribution in [3.8, 4) is 11.5 Å². The Morgan fingerprint density at radius 3 is 2.74 bits per heavy atom. The fourth-order valence-corrected chi connectivity index (χ4v) is 6.82. The summed E-state index contributed by atoms with van der Waals surface area (Å²) < 4.78 is 5.38. The molecular weight excluding hydrogens is 431 g/mol. The lowest BCUT2D eigenvalue weighted by Gasteiger charge is -2.48. The van der Waals surface area contributed by atoms with Crippen molar-refractivity contribution >= 4 is 35.1 Å². The van der Waals surface area contributed by atoms with Crippen molar-refractivity contribution in [2.75, 3.05) is 7.11 Å². The van der Waals surface area contributed by atoms with E-state index in [-0.39, 0.29) is 16.9 Å². The fraction of sp³-hybridized carbons (Fsp3) is 0.423. The van der Waals surface area contributed by atoms with Crippen molar-refractivity contribution in [3.05, 3.63) is 62.6 Å². The van der Waals surface area contributed by atoms with E-state index in [2.05, 4.69) is 6.92 Å². The van der Waals surface area contributed by atoms with Crippen LogP contribution in [0.25, 0.3) is 6.08 Å². The lowest BCUT2D eigenvalue weighted by Crippen LogP contribution is -2.42. The van der Waals surface area contributed by atoms with Gasteiger partial charge in [0.05, 0.1) is 7.11 Å². The SMILES string of the molecule is COc1cc2c(cc1O)CC[C@@H]1[C@@H]2CC[C@]2(C)C(=O)/C(=C/c3ccc(Cl)cc3Cl)C[C@@H]12. The lowest BCUT2D eigenvalue weighted by atomic mass is 9.55. The maximum atomic E-state index is 13.5. The molecule has 4 atom stereocenters. The van der Waals surface area contributed by atoms with Crippen LogP contribution in [0.4, 0.5) is 0 Å². The largest absolute Gasteiger partial charge is 0.504 e. The van der Waals surface area contributed by atoms with Crippen LogP contribution in [-0.2, 0) is 11.2 Å². The quantitative estimate of drug-likeness (QED) is 0.503. The van der Waals surface area contributed by atoms with Crippen LogP contribution in [0, 0.1) is 17.3 Å². The first-order chi connectivity index (χ1) is 14.8. The van der Waals surface area contributed by atoms with E-state index in [0.29, 0.717) is 33.5 Å². The van der Waals surface area contributed by atoms with Gasteiger partial charge in [-0.1, -0.05) is 36.2 Å². The molecule has 0 bridgehead atoms. The molecule has 2 aromatic rings. The van der Waals surface area contributed by atoms with E-state index < -0.39 is 0 Å². The number of rotatable bonds is 2. The average molecular weight is 457 g/mol. The minimum Gasteiger partial charge on any atom is -0.504 e. The summed E-state index contributed by atoms with van der Waals surface area (Å²) >= 11 is 12.4. The Balaban J connectivity index is 1.50. The second-order valence-electron chi connectivity index (χ2n) is 9.46. The van der Waals surface area contributed by atoms with Crippen LogP contribution < -0.4 is 4.74 Å². The van der Waals surface area contributed by atoms with Crippen molar-refractivity contribution in [1.82, 2.24) is 0 Å². The van der Waals surface area contributed by atoms with Gasteiger partial charge in [0.1, 0.15) is 0 Å². The monoisotopic (exact) mass is 456 g/mol. The van der Waals surface area contributed by atoms with Gasteiger partial charge in [-0.25, -0.2) is 0 Å². The summed E-state index contributed by atoms with van der Waals surface area (Å²) in [5.41, 5.74) is 3.92. The first-order valence-corrected chi connectivity index (χ1v) is 11.7. The standard InChI is InChI=1S/C26H26Cl2O3/c1-26-8-7-18-19(6-4-14-11-23(29)24(31-2)13-20(14)18)21(26)10-16(25(26)30)9-15-3-5-17(27)12-22(15)28/h3,5,9,11-13,18-19,21,29H,4,6-8,10H2,1-2H3/b16-9+/t18-,19+,21-,26-/m0/s1. The molecule has 0 heterocycles. The molecule has 2 aromatic carbocycles. The summed E-state index contributed by atoms with van der Waals surface area (Å²) in [6.07, 6.45) is 6.60. The molecule has 2 fully saturated rings. The highest BCUT2D eigenvalue weighted by atomic mass is 35.5. The first kappa shape index (κ1) is 20.9. The number of methoxy groups -OCH3 is 1. The van der Waals surface area contributed by atoms with E-state index in [1.165, 1.54) is 11.1 Å². The van der Waals surface area contributed by atoms with Crippen LogP contribution in [-0.4, -0.2) is 18.0 Å². The Hall–Kier alpha value is -1.97. The van der Waals surface area contributed by atoms with E-state index in [1.54, 1.807) is 13.2 Å². The van der Waals surface area contributed by atoms with Crippen molar-refractivity contribution in [3.63, 3.8) is 0 Å². The van der Waals surface area contributed by atoms with Gasteiger partial charge < -0.3 is 9.84 Å². The van der Waals surface area contributed by atoms with Gasteiger partial charge in [-0.3, -0.25) is 4.79 Å². The number of hydrogen-bond acceptors (Lipinski definition) is 3. The number of benzene rings is 2. The fourth-order valence-electron chi connectivity index (χ4n) is 6.36. The highest BCUT2D eigenvalue weighted by Crippen LogP contribution is 2.61. The molecule has 5 heteroatoms. The molecule has 0 aliphatic heterocycles. The van der Waals surface area contributed by atoms with Gasteiger partial charge in [0.15, 0.2) is 17.3 Å². The number of phenolic OH excluding ortho intramolecular Hbond substituents is 1. The van der Waals surface area contributed by atoms with Gasteiger partial charge >= 0.3 is 0 Å². The number of fused-ring (bicyclic) bond motifs is 5. The molecule has 31 heavy (non-hydrogen) atoms. The zero-order chi connectivity index (χ0) is 21.9. The minimum atomic E-state index is -0.315. The Bertz CT molecular complexity index is 1110. The maximum absolute atomic E-state index is 13.5. The first-order valence-electron chi connectivity index (χ1n) is 10.9. The third-order valence-corrected chi connectivity index (χ3v) is 8.52. The number of Topliss-reactive ketones (excluding diaryl/α,β-unsaturated/α-hetero) is 1. The highest BCUT2D eigenvalue weighted by Gasteiger charge is 2.56. The Labute approximate surface area is 193 Å². The normalized spacial score (nSPS) is 30.6. The summed E-state index contributed by atoms with van der Waals surface area (Å²) in [5.74, 6) is 2.20. The number of ketones is 1. The summed E-state index contributed by atoms with van der Waals surface area (Å²) in [7, 11) is 1.59. The van der Waals surface area contributed by atoms with Crippen LogP contribution >= 0.6 is 23.2 Å². The van der Waals surface area contributed by atoms with E-state index in [0.717, 1.165) is 43.2 Å². The van der Waals surface area contributed by atoms with Gasteiger partial charge in [-0.2, -0.15) is 0 Å². The molecule has 0 saturated heterocycles. The van der Waals surface area contributed by atoms with Gasteiger partial charge in [0, 0.05) is 15.5 Å². The molecule has 3 aliphatic rings. The smallest absolute Gasteiger partial charge is 0.165 e. The van der Waals surface area contributed by atoms with Crippen LogP contribution in [0.5, 0.6) is 11.5 Å². The molecule has 0 unspecified atom stereocenters. The van der Waals surface area contributed by atoms with Crippen molar-refractivity contribution in [2.24, 2.45) is 17.3 Å².